The molecule has 0 saturated carbocycles. The fourth-order valence-corrected chi connectivity index (χ4v) is 4.21. The van der Waals surface area contributed by atoms with Gasteiger partial charge in [-0.05, 0) is 30.2 Å². The number of rotatable bonds is 7. The lowest BCUT2D eigenvalue weighted by Gasteiger charge is -2.21. The first kappa shape index (κ1) is 18.7. The second kappa shape index (κ2) is 7.79. The molecule has 1 aromatic carbocycles. The topological polar surface area (TPSA) is 49.4 Å². The molecule has 0 aliphatic rings. The minimum atomic E-state index is -3.65. The van der Waals surface area contributed by atoms with Gasteiger partial charge in [0.25, 0.3) is 0 Å². The highest BCUT2D eigenvalue weighted by molar-refractivity contribution is 7.89. The largest absolute Gasteiger partial charge is 0.313 e. The fourth-order valence-electron chi connectivity index (χ4n) is 1.97. The summed E-state index contributed by atoms with van der Waals surface area (Å²) in [5, 5.41) is 3.72. The van der Waals surface area contributed by atoms with E-state index in [1.54, 1.807) is 13.1 Å². The van der Waals surface area contributed by atoms with Crippen molar-refractivity contribution in [3.05, 3.63) is 27.7 Å². The third-order valence-corrected chi connectivity index (χ3v) is 5.58. The molecule has 1 N–H and O–H groups in total. The van der Waals surface area contributed by atoms with E-state index in [1.807, 2.05) is 20.8 Å². The molecule has 0 spiro atoms. The molecule has 0 amide bonds. The lowest BCUT2D eigenvalue weighted by molar-refractivity contribution is 0.417. The zero-order valence-corrected chi connectivity index (χ0v) is 15.1. The van der Waals surface area contributed by atoms with Crippen molar-refractivity contribution in [1.82, 2.24) is 9.62 Å². The molecule has 0 heterocycles. The maximum Gasteiger partial charge on any atom is 0.244 e. The number of nitrogens with one attached hydrogen (secondary N) is 1. The van der Waals surface area contributed by atoms with E-state index in [2.05, 4.69) is 5.32 Å². The Bertz CT molecular complexity index is 589. The van der Waals surface area contributed by atoms with Crippen molar-refractivity contribution < 1.29 is 8.42 Å². The van der Waals surface area contributed by atoms with Gasteiger partial charge in [-0.2, -0.15) is 0 Å². The molecule has 0 radical (unpaired) electrons. The van der Waals surface area contributed by atoms with Crippen molar-refractivity contribution in [3.8, 4) is 0 Å². The Morgan fingerprint density at radius 2 is 1.90 bits per heavy atom. The van der Waals surface area contributed by atoms with E-state index < -0.39 is 10.0 Å². The summed E-state index contributed by atoms with van der Waals surface area (Å²) in [5.41, 5.74) is 0.683. The summed E-state index contributed by atoms with van der Waals surface area (Å²) in [6, 6.07) is 3.10. The lowest BCUT2D eigenvalue weighted by Crippen LogP contribution is -2.30. The van der Waals surface area contributed by atoms with Gasteiger partial charge < -0.3 is 5.32 Å². The summed E-state index contributed by atoms with van der Waals surface area (Å²) < 4.78 is 26.6. The molecule has 0 bridgehead atoms. The van der Waals surface area contributed by atoms with Crippen LogP contribution in [0.1, 0.15) is 26.3 Å². The number of benzene rings is 1. The number of hydrogen-bond acceptors (Lipinski definition) is 3. The Kier molecular flexibility index (Phi) is 6.94. The van der Waals surface area contributed by atoms with E-state index in [-0.39, 0.29) is 15.8 Å². The van der Waals surface area contributed by atoms with Gasteiger partial charge in [0, 0.05) is 25.2 Å². The van der Waals surface area contributed by atoms with E-state index >= 15 is 0 Å². The van der Waals surface area contributed by atoms with E-state index in [9.17, 15) is 8.42 Å². The Labute approximate surface area is 137 Å². The molecule has 0 saturated heterocycles. The molecule has 0 unspecified atom stereocenters. The van der Waals surface area contributed by atoms with Crippen LogP contribution in [0.4, 0.5) is 0 Å². The van der Waals surface area contributed by atoms with Crippen LogP contribution in [-0.2, 0) is 16.6 Å². The molecule has 1 rings (SSSR count). The van der Waals surface area contributed by atoms with E-state index in [0.717, 1.165) is 6.54 Å². The van der Waals surface area contributed by atoms with Crippen LogP contribution < -0.4 is 5.32 Å². The van der Waals surface area contributed by atoms with Gasteiger partial charge in [-0.3, -0.25) is 0 Å². The first-order valence-corrected chi connectivity index (χ1v) is 9.04. The summed E-state index contributed by atoms with van der Waals surface area (Å²) in [6.45, 7) is 7.55. The van der Waals surface area contributed by atoms with Crippen LogP contribution in [-0.4, -0.2) is 32.9 Å². The third-order valence-electron chi connectivity index (χ3n) is 2.96. The highest BCUT2D eigenvalue weighted by Gasteiger charge is 2.26. The molecule has 120 valence electrons. The SMILES string of the molecule is CCNCc1cc(Cl)cc(S(=O)(=O)N(C)CC(C)C)c1Cl. The van der Waals surface area contributed by atoms with Crippen LogP contribution in [0.25, 0.3) is 0 Å². The van der Waals surface area contributed by atoms with Crippen molar-refractivity contribution in [2.24, 2.45) is 5.92 Å². The van der Waals surface area contributed by atoms with Crippen LogP contribution in [0.3, 0.4) is 0 Å². The zero-order valence-electron chi connectivity index (χ0n) is 12.8. The number of hydrogen-bond donors (Lipinski definition) is 1. The van der Waals surface area contributed by atoms with Gasteiger partial charge >= 0.3 is 0 Å². The predicted molar refractivity (Wildman–Crippen MR) is 88.5 cm³/mol. The zero-order chi connectivity index (χ0) is 16.2. The summed E-state index contributed by atoms with van der Waals surface area (Å²) in [6.07, 6.45) is 0. The van der Waals surface area contributed by atoms with E-state index in [1.165, 1.54) is 10.4 Å². The molecule has 0 atom stereocenters. The number of nitrogens with zero attached hydrogens (tertiary/aromatic N) is 1. The normalized spacial score (nSPS) is 12.4. The molecule has 0 aliphatic carbocycles. The van der Waals surface area contributed by atoms with Crippen LogP contribution >= 0.6 is 23.2 Å². The van der Waals surface area contributed by atoms with Crippen molar-refractivity contribution in [3.63, 3.8) is 0 Å². The maximum absolute atomic E-state index is 12.6. The van der Waals surface area contributed by atoms with Crippen molar-refractivity contribution >= 4 is 33.2 Å². The van der Waals surface area contributed by atoms with Crippen LogP contribution in [0.5, 0.6) is 0 Å². The summed E-state index contributed by atoms with van der Waals surface area (Å²) >= 11 is 12.3. The Morgan fingerprint density at radius 1 is 1.29 bits per heavy atom. The van der Waals surface area contributed by atoms with Crippen LogP contribution in [0.2, 0.25) is 10.0 Å². The van der Waals surface area contributed by atoms with Gasteiger partial charge in [0.15, 0.2) is 0 Å². The Hall–Kier alpha value is -0.330. The second-order valence-electron chi connectivity index (χ2n) is 5.34. The quantitative estimate of drug-likeness (QED) is 0.818. The molecule has 0 aromatic heterocycles. The van der Waals surface area contributed by atoms with Crippen molar-refractivity contribution in [2.45, 2.75) is 32.2 Å². The van der Waals surface area contributed by atoms with E-state index in [0.29, 0.717) is 23.7 Å². The molecule has 0 aliphatic heterocycles. The minimum Gasteiger partial charge on any atom is -0.313 e. The fraction of sp³-hybridized carbons (Fsp3) is 0.571. The summed E-state index contributed by atoms with van der Waals surface area (Å²) in [7, 11) is -2.09. The van der Waals surface area contributed by atoms with Gasteiger partial charge in [0.1, 0.15) is 4.90 Å². The standard InChI is InChI=1S/C14H22Cl2N2O2S/c1-5-17-8-11-6-12(15)7-13(14(11)16)21(19,20)18(4)9-10(2)3/h6-7,10,17H,5,8-9H2,1-4H3. The Morgan fingerprint density at radius 3 is 2.43 bits per heavy atom. The Balaban J connectivity index is 3.25. The number of sulfonamides is 1. The summed E-state index contributed by atoms with van der Waals surface area (Å²) in [4.78, 5) is 0.0627. The van der Waals surface area contributed by atoms with Gasteiger partial charge in [-0.15, -0.1) is 0 Å². The molecule has 0 fully saturated rings. The molecular weight excluding hydrogens is 331 g/mol. The minimum absolute atomic E-state index is 0.0627. The number of halogens is 2. The van der Waals surface area contributed by atoms with Crippen molar-refractivity contribution in [2.75, 3.05) is 20.1 Å². The first-order chi connectivity index (χ1) is 9.70. The lowest BCUT2D eigenvalue weighted by atomic mass is 10.2. The van der Waals surface area contributed by atoms with Gasteiger partial charge in [0.2, 0.25) is 10.0 Å². The average molecular weight is 353 g/mol. The molecule has 4 nitrogen and oxygen atoms in total. The van der Waals surface area contributed by atoms with Crippen LogP contribution in [0.15, 0.2) is 17.0 Å². The summed E-state index contributed by atoms with van der Waals surface area (Å²) in [5.74, 6) is 0.226. The molecule has 21 heavy (non-hydrogen) atoms. The average Bonchev–Trinajstić information content (AvgIpc) is 2.38. The van der Waals surface area contributed by atoms with Crippen LogP contribution in [0, 0.1) is 5.92 Å². The van der Waals surface area contributed by atoms with Gasteiger partial charge in [0.05, 0.1) is 5.02 Å². The molecule has 1 aromatic rings. The second-order valence-corrected chi connectivity index (χ2v) is 8.16. The maximum atomic E-state index is 12.6. The highest BCUT2D eigenvalue weighted by Crippen LogP contribution is 2.31. The predicted octanol–water partition coefficient (Wildman–Crippen LogP) is 3.38. The van der Waals surface area contributed by atoms with Gasteiger partial charge in [-0.25, -0.2) is 12.7 Å². The molecule has 7 heteroatoms. The third kappa shape index (κ3) is 4.83. The first-order valence-electron chi connectivity index (χ1n) is 6.85. The van der Waals surface area contributed by atoms with E-state index in [4.69, 9.17) is 23.2 Å². The smallest absolute Gasteiger partial charge is 0.244 e. The monoisotopic (exact) mass is 352 g/mol. The highest BCUT2D eigenvalue weighted by atomic mass is 35.5. The molecular formula is C14H22Cl2N2O2S. The van der Waals surface area contributed by atoms with Gasteiger partial charge in [-0.1, -0.05) is 44.0 Å². The van der Waals surface area contributed by atoms with Crippen molar-refractivity contribution in [1.29, 1.82) is 0 Å².